The van der Waals surface area contributed by atoms with E-state index in [1.165, 1.54) is 6.07 Å². The molecule has 0 spiro atoms. The Kier molecular flexibility index (Phi) is 3.39. The van der Waals surface area contributed by atoms with E-state index in [-0.39, 0.29) is 5.82 Å². The lowest BCUT2D eigenvalue weighted by Crippen LogP contribution is -2.07. The van der Waals surface area contributed by atoms with E-state index in [9.17, 15) is 4.39 Å². The van der Waals surface area contributed by atoms with Crippen molar-refractivity contribution in [3.63, 3.8) is 0 Å². The van der Waals surface area contributed by atoms with Gasteiger partial charge in [0.25, 0.3) is 0 Å². The minimum atomic E-state index is -0.319. The van der Waals surface area contributed by atoms with Gasteiger partial charge >= 0.3 is 0 Å². The molecular formula is C18H10ClFN3. The number of halogens is 2. The Morgan fingerprint density at radius 3 is 2.78 bits per heavy atom. The maximum Gasteiger partial charge on any atom is 0.198 e. The first-order chi connectivity index (χ1) is 11.2. The van der Waals surface area contributed by atoms with E-state index in [0.717, 1.165) is 22.4 Å². The molecule has 2 aromatic carbocycles. The molecule has 0 saturated carbocycles. The Morgan fingerprint density at radius 1 is 1.04 bits per heavy atom. The van der Waals surface area contributed by atoms with E-state index in [0.29, 0.717) is 22.8 Å². The average molecular weight is 323 g/mol. The van der Waals surface area contributed by atoms with Crippen molar-refractivity contribution in [2.45, 2.75) is 6.54 Å². The van der Waals surface area contributed by atoms with Gasteiger partial charge in [-0.2, -0.15) is 0 Å². The minimum Gasteiger partial charge on any atom is -0.279 e. The van der Waals surface area contributed by atoms with Crippen molar-refractivity contribution in [2.24, 2.45) is 4.99 Å². The topological polar surface area (TPSA) is 38.1 Å². The van der Waals surface area contributed by atoms with Crippen LogP contribution >= 0.6 is 11.6 Å². The number of hydrogen-bond donors (Lipinski definition) is 0. The lowest BCUT2D eigenvalue weighted by atomic mass is 9.95. The third-order valence-electron chi connectivity index (χ3n) is 3.77. The quantitative estimate of drug-likeness (QED) is 0.677. The van der Waals surface area contributed by atoms with Crippen molar-refractivity contribution >= 4 is 17.3 Å². The zero-order chi connectivity index (χ0) is 15.8. The highest BCUT2D eigenvalue weighted by Gasteiger charge is 2.22. The van der Waals surface area contributed by atoms with E-state index in [1.807, 2.05) is 6.07 Å². The molecule has 0 fully saturated rings. The minimum absolute atomic E-state index is 0.319. The zero-order valence-electron chi connectivity index (χ0n) is 11.9. The Hall–Kier alpha value is -2.59. The van der Waals surface area contributed by atoms with E-state index in [1.54, 1.807) is 36.5 Å². The van der Waals surface area contributed by atoms with Crippen molar-refractivity contribution in [3.05, 3.63) is 82.5 Å². The van der Waals surface area contributed by atoms with Gasteiger partial charge in [-0.25, -0.2) is 14.4 Å². The van der Waals surface area contributed by atoms with Gasteiger partial charge in [0, 0.05) is 33.5 Å². The normalized spacial score (nSPS) is 12.9. The molecule has 0 N–H and O–H groups in total. The summed E-state index contributed by atoms with van der Waals surface area (Å²) >= 11 is 6.16. The van der Waals surface area contributed by atoms with Crippen LogP contribution in [0.2, 0.25) is 5.02 Å². The second kappa shape index (κ2) is 5.56. The van der Waals surface area contributed by atoms with E-state index in [2.05, 4.69) is 21.3 Å². The summed E-state index contributed by atoms with van der Waals surface area (Å²) in [4.78, 5) is 12.8. The summed E-state index contributed by atoms with van der Waals surface area (Å²) in [6.45, 7) is 0.375. The third-order valence-corrected chi connectivity index (χ3v) is 4.01. The van der Waals surface area contributed by atoms with Gasteiger partial charge in [-0.15, -0.1) is 0 Å². The van der Waals surface area contributed by atoms with Gasteiger partial charge in [-0.05, 0) is 24.3 Å². The van der Waals surface area contributed by atoms with E-state index >= 15 is 0 Å². The molecule has 0 unspecified atom stereocenters. The first-order valence-corrected chi connectivity index (χ1v) is 7.43. The molecule has 2 heterocycles. The lowest BCUT2D eigenvalue weighted by Gasteiger charge is -2.11. The van der Waals surface area contributed by atoms with Crippen molar-refractivity contribution in [1.82, 2.24) is 9.97 Å². The second-order valence-corrected chi connectivity index (χ2v) is 5.61. The van der Waals surface area contributed by atoms with Crippen LogP contribution < -0.4 is 0 Å². The molecule has 111 valence electrons. The molecule has 0 aliphatic carbocycles. The number of benzene rings is 2. The molecule has 0 saturated heterocycles. The summed E-state index contributed by atoms with van der Waals surface area (Å²) < 4.78 is 14.3. The van der Waals surface area contributed by atoms with Crippen LogP contribution in [0.4, 0.5) is 4.39 Å². The van der Waals surface area contributed by atoms with Gasteiger partial charge in [0.1, 0.15) is 5.82 Å². The largest absolute Gasteiger partial charge is 0.279 e. The summed E-state index contributed by atoms with van der Waals surface area (Å²) in [5.74, 6) is -0.319. The zero-order valence-corrected chi connectivity index (χ0v) is 12.7. The summed E-state index contributed by atoms with van der Waals surface area (Å²) in [5.41, 5.74) is 4.25. The molecule has 1 aliphatic heterocycles. The number of fused-ring (bicyclic) bond motifs is 3. The van der Waals surface area contributed by atoms with Crippen molar-refractivity contribution in [1.29, 1.82) is 0 Å². The van der Waals surface area contributed by atoms with Crippen LogP contribution in [-0.2, 0) is 6.54 Å². The predicted octanol–water partition coefficient (Wildman–Crippen LogP) is 4.09. The average Bonchev–Trinajstić information content (AvgIpc) is 2.72. The highest BCUT2D eigenvalue weighted by atomic mass is 35.5. The van der Waals surface area contributed by atoms with Crippen LogP contribution in [0.15, 0.2) is 53.7 Å². The highest BCUT2D eigenvalue weighted by Crippen LogP contribution is 2.32. The monoisotopic (exact) mass is 322 g/mol. The molecule has 0 amide bonds. The SMILES string of the molecule is Fc1ccccc1C1=NCc2cn[c]nc2-c2ccc(Cl)cc21. The Balaban J connectivity index is 2.02. The molecular weight excluding hydrogens is 313 g/mol. The van der Waals surface area contributed by atoms with Gasteiger partial charge in [0.2, 0.25) is 0 Å². The van der Waals surface area contributed by atoms with E-state index in [4.69, 9.17) is 11.6 Å². The van der Waals surface area contributed by atoms with Crippen LogP contribution in [0, 0.1) is 12.1 Å². The third kappa shape index (κ3) is 2.41. The summed E-state index contributed by atoms with van der Waals surface area (Å²) in [6.07, 6.45) is 4.30. The molecule has 23 heavy (non-hydrogen) atoms. The molecule has 0 bridgehead atoms. The van der Waals surface area contributed by atoms with Crippen LogP contribution in [0.3, 0.4) is 0 Å². The van der Waals surface area contributed by atoms with Crippen LogP contribution in [0.5, 0.6) is 0 Å². The molecule has 1 aliphatic rings. The number of aliphatic imine (C=N–C) groups is 1. The molecule has 3 nitrogen and oxygen atoms in total. The second-order valence-electron chi connectivity index (χ2n) is 5.18. The van der Waals surface area contributed by atoms with Crippen molar-refractivity contribution in [2.75, 3.05) is 0 Å². The number of hydrogen-bond acceptors (Lipinski definition) is 3. The fourth-order valence-electron chi connectivity index (χ4n) is 2.72. The van der Waals surface area contributed by atoms with Gasteiger partial charge in [-0.1, -0.05) is 29.8 Å². The van der Waals surface area contributed by atoms with Gasteiger partial charge in [0.15, 0.2) is 6.33 Å². The van der Waals surface area contributed by atoms with Gasteiger partial charge < -0.3 is 0 Å². The van der Waals surface area contributed by atoms with Crippen molar-refractivity contribution in [3.8, 4) is 11.3 Å². The molecule has 1 aromatic heterocycles. The van der Waals surface area contributed by atoms with Gasteiger partial charge in [0.05, 0.1) is 18.0 Å². The number of nitrogens with zero attached hydrogens (tertiary/aromatic N) is 3. The maximum absolute atomic E-state index is 14.3. The summed E-state index contributed by atoms with van der Waals surface area (Å²) in [6, 6.07) is 12.0. The molecule has 5 heteroatoms. The van der Waals surface area contributed by atoms with Crippen LogP contribution in [0.25, 0.3) is 11.3 Å². The van der Waals surface area contributed by atoms with Crippen molar-refractivity contribution < 1.29 is 4.39 Å². The molecule has 1 radical (unpaired) electrons. The predicted molar refractivity (Wildman–Crippen MR) is 87.1 cm³/mol. The number of aromatic nitrogens is 2. The molecule has 0 atom stereocenters. The molecule has 3 aromatic rings. The van der Waals surface area contributed by atoms with Crippen LogP contribution in [-0.4, -0.2) is 15.7 Å². The first kappa shape index (κ1) is 14.0. The fourth-order valence-corrected chi connectivity index (χ4v) is 2.89. The van der Waals surface area contributed by atoms with E-state index < -0.39 is 0 Å². The standard InChI is InChI=1S/C18H10ClFN3/c19-12-5-6-13-15(7-12)18(14-3-1-2-4-16(14)20)22-9-11-8-21-10-23-17(11)13/h1-8H,9H2. The number of rotatable bonds is 1. The smallest absolute Gasteiger partial charge is 0.198 e. The fraction of sp³-hybridized carbons (Fsp3) is 0.0556. The molecule has 4 rings (SSSR count). The lowest BCUT2D eigenvalue weighted by molar-refractivity contribution is 0.625. The first-order valence-electron chi connectivity index (χ1n) is 7.05. The highest BCUT2D eigenvalue weighted by molar-refractivity contribution is 6.31. The Morgan fingerprint density at radius 2 is 1.91 bits per heavy atom. The summed E-state index contributed by atoms with van der Waals surface area (Å²) in [5, 5.41) is 0.564. The maximum atomic E-state index is 14.3. The Labute approximate surface area is 137 Å². The Bertz CT molecular complexity index is 937. The summed E-state index contributed by atoms with van der Waals surface area (Å²) in [7, 11) is 0. The van der Waals surface area contributed by atoms with Crippen LogP contribution in [0.1, 0.15) is 16.7 Å². The van der Waals surface area contributed by atoms with Gasteiger partial charge in [-0.3, -0.25) is 4.99 Å².